The number of aromatic nitrogens is 2. The molecule has 4 aromatic rings. The summed E-state index contributed by atoms with van der Waals surface area (Å²) >= 11 is 24.1. The van der Waals surface area contributed by atoms with E-state index in [0.717, 1.165) is 5.56 Å². The molecule has 2 aromatic carbocycles. The highest BCUT2D eigenvalue weighted by Gasteiger charge is 2.30. The molecule has 4 rings (SSSR count). The highest BCUT2D eigenvalue weighted by atomic mass is 35.5. The van der Waals surface area contributed by atoms with Crippen LogP contribution < -0.4 is 0 Å². The van der Waals surface area contributed by atoms with Crippen LogP contribution in [0.2, 0.25) is 20.1 Å². The van der Waals surface area contributed by atoms with Crippen molar-refractivity contribution in [2.45, 2.75) is 0 Å². The molecule has 0 saturated carbocycles. The van der Waals surface area contributed by atoms with Gasteiger partial charge in [0.2, 0.25) is 0 Å². The van der Waals surface area contributed by atoms with Crippen molar-refractivity contribution >= 4 is 69.1 Å². The van der Waals surface area contributed by atoms with Crippen LogP contribution in [-0.4, -0.2) is 29.3 Å². The second kappa shape index (κ2) is 10.3. The number of non-ortho nitro benzene ring substituents is 1. The van der Waals surface area contributed by atoms with Gasteiger partial charge in [0.05, 0.1) is 47.7 Å². The van der Waals surface area contributed by atoms with Crippen molar-refractivity contribution in [3.8, 4) is 17.0 Å². The van der Waals surface area contributed by atoms with Gasteiger partial charge in [-0.3, -0.25) is 30.3 Å². The molecule has 0 aliphatic heterocycles. The molecular weight excluding hydrogens is 552 g/mol. The maximum Gasteiger partial charge on any atom is 0.324 e. The number of benzene rings is 2. The maximum atomic E-state index is 10.4. The Morgan fingerprint density at radius 1 is 0.771 bits per heavy atom. The third-order valence-electron chi connectivity index (χ3n) is 4.34. The Hall–Kier alpha value is -3.71. The number of rotatable bonds is 4. The van der Waals surface area contributed by atoms with Crippen LogP contribution in [0.5, 0.6) is 5.75 Å². The summed E-state index contributed by atoms with van der Waals surface area (Å²) in [5.41, 5.74) is -0.863. The van der Waals surface area contributed by atoms with Crippen molar-refractivity contribution in [3.63, 3.8) is 0 Å². The number of phenolic OH excluding ortho intramolecular Hbond substituents is 1. The van der Waals surface area contributed by atoms with Crippen LogP contribution >= 0.6 is 46.4 Å². The first-order chi connectivity index (χ1) is 16.4. The molecule has 0 fully saturated rings. The normalized spacial score (nSPS) is 10.5. The number of fused-ring (bicyclic) bond motifs is 1. The van der Waals surface area contributed by atoms with Crippen LogP contribution in [0.25, 0.3) is 16.9 Å². The van der Waals surface area contributed by atoms with Crippen LogP contribution in [0.1, 0.15) is 0 Å². The molecule has 0 saturated heterocycles. The highest BCUT2D eigenvalue weighted by Crippen LogP contribution is 2.39. The molecule has 0 spiro atoms. The quantitative estimate of drug-likeness (QED) is 0.211. The zero-order chi connectivity index (χ0) is 26.0. The van der Waals surface area contributed by atoms with E-state index in [0.29, 0.717) is 43.6 Å². The summed E-state index contributed by atoms with van der Waals surface area (Å²) in [5.74, 6) is -1.21. The molecule has 0 amide bonds. The Balaban J connectivity index is 0.000000199. The van der Waals surface area contributed by atoms with Crippen LogP contribution in [0.3, 0.4) is 0 Å². The minimum absolute atomic E-state index is 0.447. The number of imidazole rings is 1. The standard InChI is InChI=1S/C13H6Cl4N2.C6H3N3O7/c14-7-1-2-9(10(16)3-7)12-6-19-5-8(15)4-11(17)13(19)18-12;10-6-4(8(13)14)1-3(7(11)12)2-5(6)9(15)16/h1-6H;1-2,10H. The summed E-state index contributed by atoms with van der Waals surface area (Å²) in [5, 5.41) is 42.4. The van der Waals surface area contributed by atoms with Gasteiger partial charge in [0.25, 0.3) is 11.4 Å². The van der Waals surface area contributed by atoms with Gasteiger partial charge in [-0.15, -0.1) is 0 Å². The van der Waals surface area contributed by atoms with Gasteiger partial charge >= 0.3 is 11.4 Å². The third kappa shape index (κ3) is 5.69. The smallest absolute Gasteiger partial charge is 0.324 e. The van der Waals surface area contributed by atoms with Gasteiger partial charge in [0, 0.05) is 23.0 Å². The van der Waals surface area contributed by atoms with Crippen molar-refractivity contribution in [2.24, 2.45) is 0 Å². The number of nitro groups is 3. The molecule has 2 aromatic heterocycles. The van der Waals surface area contributed by atoms with Gasteiger partial charge in [-0.25, -0.2) is 4.98 Å². The lowest BCUT2D eigenvalue weighted by molar-refractivity contribution is -0.404. The van der Waals surface area contributed by atoms with Crippen molar-refractivity contribution in [1.82, 2.24) is 9.38 Å². The van der Waals surface area contributed by atoms with Gasteiger partial charge in [0.15, 0.2) is 5.65 Å². The number of nitrogens with zero attached hydrogens (tertiary/aromatic N) is 5. The van der Waals surface area contributed by atoms with E-state index in [-0.39, 0.29) is 0 Å². The predicted molar refractivity (Wildman–Crippen MR) is 129 cm³/mol. The fraction of sp³-hybridized carbons (Fsp3) is 0. The zero-order valence-corrected chi connectivity index (χ0v) is 19.8. The molecule has 0 radical (unpaired) electrons. The average Bonchev–Trinajstić information content (AvgIpc) is 3.17. The van der Waals surface area contributed by atoms with Crippen LogP contribution in [0, 0.1) is 30.3 Å². The van der Waals surface area contributed by atoms with E-state index in [9.17, 15) is 30.3 Å². The minimum atomic E-state index is -1.21. The topological polar surface area (TPSA) is 167 Å². The van der Waals surface area contributed by atoms with E-state index in [4.69, 9.17) is 51.5 Å². The molecule has 0 atom stereocenters. The average molecular weight is 561 g/mol. The van der Waals surface area contributed by atoms with Crippen molar-refractivity contribution in [2.75, 3.05) is 0 Å². The molecule has 16 heteroatoms. The van der Waals surface area contributed by atoms with Gasteiger partial charge < -0.3 is 9.51 Å². The first-order valence-electron chi connectivity index (χ1n) is 8.98. The van der Waals surface area contributed by atoms with E-state index in [1.807, 2.05) is 12.3 Å². The summed E-state index contributed by atoms with van der Waals surface area (Å²) < 4.78 is 1.77. The molecule has 0 unspecified atom stereocenters. The molecule has 0 aliphatic carbocycles. The largest absolute Gasteiger partial charge is 0.497 e. The number of pyridine rings is 1. The van der Waals surface area contributed by atoms with Gasteiger partial charge in [-0.1, -0.05) is 46.4 Å². The van der Waals surface area contributed by atoms with E-state index in [1.54, 1.807) is 28.8 Å². The molecule has 2 heterocycles. The van der Waals surface area contributed by atoms with Gasteiger partial charge in [-0.05, 0) is 24.3 Å². The first kappa shape index (κ1) is 25.9. The molecule has 12 nitrogen and oxygen atoms in total. The van der Waals surface area contributed by atoms with Gasteiger partial charge in [-0.2, -0.15) is 0 Å². The third-order valence-corrected chi connectivity index (χ3v) is 5.37. The van der Waals surface area contributed by atoms with E-state index >= 15 is 0 Å². The lowest BCUT2D eigenvalue weighted by atomic mass is 10.2. The summed E-state index contributed by atoms with van der Waals surface area (Å²) in [7, 11) is 0. The van der Waals surface area contributed by atoms with E-state index < -0.39 is 37.6 Å². The monoisotopic (exact) mass is 559 g/mol. The Bertz CT molecular complexity index is 1470. The summed E-state index contributed by atoms with van der Waals surface area (Å²) in [4.78, 5) is 32.2. The highest BCUT2D eigenvalue weighted by molar-refractivity contribution is 6.37. The van der Waals surface area contributed by atoms with E-state index in [2.05, 4.69) is 4.98 Å². The fourth-order valence-corrected chi connectivity index (χ4v) is 3.86. The minimum Gasteiger partial charge on any atom is -0.497 e. The Labute approximate surface area is 214 Å². The number of phenols is 1. The SMILES string of the molecule is Clc1ccc(-c2cn3cc(Cl)cc(Cl)c3n2)c(Cl)c1.O=[N+]([O-])c1cc([N+](=O)[O-])c(O)c([N+](=O)[O-])c1. The molecule has 1 N–H and O–H groups in total. The Morgan fingerprint density at radius 2 is 1.34 bits per heavy atom. The second-order valence-electron chi connectivity index (χ2n) is 6.59. The molecule has 180 valence electrons. The van der Waals surface area contributed by atoms with Crippen LogP contribution in [-0.2, 0) is 0 Å². The predicted octanol–water partition coefficient (Wildman–Crippen LogP) is 6.73. The molecule has 0 bridgehead atoms. The number of aromatic hydroxyl groups is 1. The summed E-state index contributed by atoms with van der Waals surface area (Å²) in [6.07, 6.45) is 3.56. The summed E-state index contributed by atoms with van der Waals surface area (Å²) in [6.45, 7) is 0. The van der Waals surface area contributed by atoms with Crippen LogP contribution in [0.15, 0.2) is 48.8 Å². The number of nitro benzene ring substituents is 3. The van der Waals surface area contributed by atoms with Gasteiger partial charge in [0.1, 0.15) is 0 Å². The summed E-state index contributed by atoms with van der Waals surface area (Å²) in [6, 6.07) is 7.81. The Morgan fingerprint density at radius 3 is 1.86 bits per heavy atom. The first-order valence-corrected chi connectivity index (χ1v) is 10.5. The fourth-order valence-electron chi connectivity index (χ4n) is 2.82. The number of hydrogen-bond donors (Lipinski definition) is 1. The lowest BCUT2D eigenvalue weighted by Crippen LogP contribution is -1.97. The second-order valence-corrected chi connectivity index (χ2v) is 8.28. The molecule has 35 heavy (non-hydrogen) atoms. The zero-order valence-electron chi connectivity index (χ0n) is 16.8. The molecular formula is C19H9Cl4N5O7. The van der Waals surface area contributed by atoms with Crippen LogP contribution in [0.4, 0.5) is 17.1 Å². The number of hydrogen-bond acceptors (Lipinski definition) is 8. The lowest BCUT2D eigenvalue weighted by Gasteiger charge is -2.00. The number of halogens is 4. The Kier molecular flexibility index (Phi) is 7.60. The van der Waals surface area contributed by atoms with Crippen molar-refractivity contribution in [3.05, 3.63) is 99.2 Å². The van der Waals surface area contributed by atoms with Crippen molar-refractivity contribution in [1.29, 1.82) is 0 Å². The maximum absolute atomic E-state index is 10.4. The van der Waals surface area contributed by atoms with E-state index in [1.165, 1.54) is 0 Å². The molecule has 0 aliphatic rings. The van der Waals surface area contributed by atoms with Crippen molar-refractivity contribution < 1.29 is 19.9 Å².